The summed E-state index contributed by atoms with van der Waals surface area (Å²) in [6, 6.07) is 12.4. The normalized spacial score (nSPS) is 10.2. The standard InChI is InChI=1S/C13H10BrFO/c1-16-13-5-3-2-4-11(13)10-7-6-9(14)8-12(10)15/h2-8H,1H3. The highest BCUT2D eigenvalue weighted by atomic mass is 79.9. The Balaban J connectivity index is 2.58. The lowest BCUT2D eigenvalue weighted by atomic mass is 10.0. The van der Waals surface area contributed by atoms with Gasteiger partial charge >= 0.3 is 0 Å². The van der Waals surface area contributed by atoms with Crippen LogP contribution >= 0.6 is 15.9 Å². The molecule has 0 spiro atoms. The molecule has 0 aliphatic carbocycles. The molecule has 0 atom stereocenters. The van der Waals surface area contributed by atoms with E-state index in [2.05, 4.69) is 15.9 Å². The predicted molar refractivity (Wildman–Crippen MR) is 66.1 cm³/mol. The number of hydrogen-bond acceptors (Lipinski definition) is 1. The van der Waals surface area contributed by atoms with Crippen LogP contribution < -0.4 is 4.74 Å². The SMILES string of the molecule is COc1ccccc1-c1ccc(Br)cc1F. The molecule has 0 saturated carbocycles. The van der Waals surface area contributed by atoms with Crippen LogP contribution in [0.2, 0.25) is 0 Å². The fourth-order valence-corrected chi connectivity index (χ4v) is 1.91. The molecule has 0 unspecified atom stereocenters. The van der Waals surface area contributed by atoms with Gasteiger partial charge in [0.25, 0.3) is 0 Å². The van der Waals surface area contributed by atoms with Crippen molar-refractivity contribution in [2.24, 2.45) is 0 Å². The Labute approximate surface area is 102 Å². The summed E-state index contributed by atoms with van der Waals surface area (Å²) in [6.07, 6.45) is 0. The molecule has 2 rings (SSSR count). The van der Waals surface area contributed by atoms with Gasteiger partial charge in [0.15, 0.2) is 0 Å². The summed E-state index contributed by atoms with van der Waals surface area (Å²) < 4.78 is 19.7. The zero-order valence-electron chi connectivity index (χ0n) is 8.71. The fourth-order valence-electron chi connectivity index (χ4n) is 1.58. The number of para-hydroxylation sites is 1. The molecule has 0 fully saturated rings. The van der Waals surface area contributed by atoms with E-state index >= 15 is 0 Å². The summed E-state index contributed by atoms with van der Waals surface area (Å²) >= 11 is 3.23. The van der Waals surface area contributed by atoms with E-state index in [1.807, 2.05) is 30.3 Å². The van der Waals surface area contributed by atoms with Gasteiger partial charge in [-0.25, -0.2) is 4.39 Å². The van der Waals surface area contributed by atoms with Gasteiger partial charge in [-0.3, -0.25) is 0 Å². The smallest absolute Gasteiger partial charge is 0.132 e. The highest BCUT2D eigenvalue weighted by Crippen LogP contribution is 2.32. The quantitative estimate of drug-likeness (QED) is 0.799. The van der Waals surface area contributed by atoms with Crippen LogP contribution in [0.3, 0.4) is 0 Å². The van der Waals surface area contributed by atoms with Crippen molar-refractivity contribution in [2.45, 2.75) is 0 Å². The first-order chi connectivity index (χ1) is 7.72. The second-order valence-electron chi connectivity index (χ2n) is 3.32. The molecule has 0 bridgehead atoms. The summed E-state index contributed by atoms with van der Waals surface area (Å²) in [5.41, 5.74) is 1.30. The van der Waals surface area contributed by atoms with Crippen LogP contribution in [-0.4, -0.2) is 7.11 Å². The molecule has 0 N–H and O–H groups in total. The van der Waals surface area contributed by atoms with Crippen molar-refractivity contribution < 1.29 is 9.13 Å². The topological polar surface area (TPSA) is 9.23 Å². The third kappa shape index (κ3) is 2.09. The lowest BCUT2D eigenvalue weighted by Gasteiger charge is -2.09. The van der Waals surface area contributed by atoms with Gasteiger partial charge in [0.2, 0.25) is 0 Å². The van der Waals surface area contributed by atoms with Gasteiger partial charge < -0.3 is 4.74 Å². The van der Waals surface area contributed by atoms with Crippen LogP contribution in [0.4, 0.5) is 4.39 Å². The molecule has 16 heavy (non-hydrogen) atoms. The monoisotopic (exact) mass is 280 g/mol. The Morgan fingerprint density at radius 1 is 1.06 bits per heavy atom. The summed E-state index contributed by atoms with van der Waals surface area (Å²) in [6.45, 7) is 0. The first-order valence-corrected chi connectivity index (χ1v) is 5.60. The van der Waals surface area contributed by atoms with Gasteiger partial charge in [-0.2, -0.15) is 0 Å². The number of methoxy groups -OCH3 is 1. The van der Waals surface area contributed by atoms with Crippen molar-refractivity contribution in [1.29, 1.82) is 0 Å². The number of hydrogen-bond donors (Lipinski definition) is 0. The van der Waals surface area contributed by atoms with Crippen LogP contribution in [0, 0.1) is 5.82 Å². The first kappa shape index (κ1) is 11.1. The van der Waals surface area contributed by atoms with Crippen molar-refractivity contribution in [3.8, 4) is 16.9 Å². The third-order valence-corrected chi connectivity index (χ3v) is 2.82. The zero-order chi connectivity index (χ0) is 11.5. The second kappa shape index (κ2) is 4.66. The molecular formula is C13H10BrFO. The predicted octanol–water partition coefficient (Wildman–Crippen LogP) is 4.26. The summed E-state index contributed by atoms with van der Waals surface area (Å²) in [7, 11) is 1.58. The van der Waals surface area contributed by atoms with Crippen LogP contribution in [0.25, 0.3) is 11.1 Å². The summed E-state index contributed by atoms with van der Waals surface area (Å²) in [4.78, 5) is 0. The summed E-state index contributed by atoms with van der Waals surface area (Å²) in [5, 5.41) is 0. The fraction of sp³-hybridized carbons (Fsp3) is 0.0769. The molecule has 1 nitrogen and oxygen atoms in total. The number of ether oxygens (including phenoxy) is 1. The van der Waals surface area contributed by atoms with Crippen LogP contribution in [0.1, 0.15) is 0 Å². The molecule has 0 saturated heterocycles. The molecule has 2 aromatic carbocycles. The minimum absolute atomic E-state index is 0.265. The molecule has 0 aliphatic rings. The van der Waals surface area contributed by atoms with E-state index in [1.54, 1.807) is 13.2 Å². The maximum Gasteiger partial charge on any atom is 0.132 e. The van der Waals surface area contributed by atoms with Crippen molar-refractivity contribution in [1.82, 2.24) is 0 Å². The van der Waals surface area contributed by atoms with Crippen LogP contribution in [0.5, 0.6) is 5.75 Å². The molecule has 0 radical (unpaired) electrons. The van der Waals surface area contributed by atoms with E-state index in [1.165, 1.54) is 6.07 Å². The largest absolute Gasteiger partial charge is 0.496 e. The van der Waals surface area contributed by atoms with Gasteiger partial charge in [-0.05, 0) is 18.2 Å². The average Bonchev–Trinajstić information content (AvgIpc) is 2.29. The molecule has 2 aromatic rings. The van der Waals surface area contributed by atoms with Crippen molar-refractivity contribution in [2.75, 3.05) is 7.11 Å². The lowest BCUT2D eigenvalue weighted by Crippen LogP contribution is -1.90. The molecule has 82 valence electrons. The molecule has 0 heterocycles. The van der Waals surface area contributed by atoms with Gasteiger partial charge in [0, 0.05) is 15.6 Å². The Morgan fingerprint density at radius 3 is 2.50 bits per heavy atom. The van der Waals surface area contributed by atoms with E-state index < -0.39 is 0 Å². The van der Waals surface area contributed by atoms with Crippen molar-refractivity contribution >= 4 is 15.9 Å². The van der Waals surface area contributed by atoms with Crippen LogP contribution in [0.15, 0.2) is 46.9 Å². The Kier molecular flexibility index (Phi) is 3.25. The highest BCUT2D eigenvalue weighted by molar-refractivity contribution is 9.10. The number of halogens is 2. The van der Waals surface area contributed by atoms with Gasteiger partial charge in [0.05, 0.1) is 7.11 Å². The maximum atomic E-state index is 13.8. The zero-order valence-corrected chi connectivity index (χ0v) is 10.3. The van der Waals surface area contributed by atoms with Crippen molar-refractivity contribution in [3.63, 3.8) is 0 Å². The Morgan fingerprint density at radius 2 is 1.81 bits per heavy atom. The molecule has 0 aliphatic heterocycles. The molecule has 0 aromatic heterocycles. The van der Waals surface area contributed by atoms with Gasteiger partial charge in [-0.15, -0.1) is 0 Å². The first-order valence-electron chi connectivity index (χ1n) is 4.81. The molecular weight excluding hydrogens is 271 g/mol. The maximum absolute atomic E-state index is 13.8. The molecule has 3 heteroatoms. The van der Waals surface area contributed by atoms with E-state index in [0.29, 0.717) is 11.3 Å². The second-order valence-corrected chi connectivity index (χ2v) is 4.24. The minimum atomic E-state index is -0.265. The van der Waals surface area contributed by atoms with E-state index in [4.69, 9.17) is 4.74 Å². The van der Waals surface area contributed by atoms with Gasteiger partial charge in [-0.1, -0.05) is 40.2 Å². The Hall–Kier alpha value is -1.35. The number of rotatable bonds is 2. The summed E-state index contributed by atoms with van der Waals surface area (Å²) in [5.74, 6) is 0.405. The third-order valence-electron chi connectivity index (χ3n) is 2.33. The Bertz CT molecular complexity index is 511. The molecule has 0 amide bonds. The van der Waals surface area contributed by atoms with E-state index in [9.17, 15) is 4.39 Å². The van der Waals surface area contributed by atoms with E-state index in [-0.39, 0.29) is 5.82 Å². The highest BCUT2D eigenvalue weighted by Gasteiger charge is 2.09. The van der Waals surface area contributed by atoms with E-state index in [0.717, 1.165) is 10.0 Å². The van der Waals surface area contributed by atoms with Crippen LogP contribution in [-0.2, 0) is 0 Å². The average molecular weight is 281 g/mol. The lowest BCUT2D eigenvalue weighted by molar-refractivity contribution is 0.416. The van der Waals surface area contributed by atoms with Crippen molar-refractivity contribution in [3.05, 3.63) is 52.8 Å². The number of benzene rings is 2. The van der Waals surface area contributed by atoms with Gasteiger partial charge in [0.1, 0.15) is 11.6 Å². The minimum Gasteiger partial charge on any atom is -0.496 e.